The third kappa shape index (κ3) is 4.60. The highest BCUT2D eigenvalue weighted by atomic mass is 79.9. The molecule has 25 heavy (non-hydrogen) atoms. The molecular formula is C18H16BrN5O. The van der Waals surface area contributed by atoms with E-state index in [1.807, 2.05) is 36.4 Å². The molecule has 0 aliphatic rings. The van der Waals surface area contributed by atoms with E-state index in [9.17, 15) is 4.79 Å². The van der Waals surface area contributed by atoms with Crippen LogP contribution in [0.1, 0.15) is 21.9 Å². The van der Waals surface area contributed by atoms with Crippen LogP contribution in [0.3, 0.4) is 0 Å². The zero-order valence-corrected chi connectivity index (χ0v) is 15.1. The van der Waals surface area contributed by atoms with Gasteiger partial charge in [-0.1, -0.05) is 12.1 Å². The van der Waals surface area contributed by atoms with E-state index >= 15 is 0 Å². The second kappa shape index (κ2) is 7.85. The Morgan fingerprint density at radius 3 is 2.64 bits per heavy atom. The number of amides is 1. The van der Waals surface area contributed by atoms with Gasteiger partial charge in [-0.2, -0.15) is 0 Å². The molecule has 0 unspecified atom stereocenters. The molecule has 126 valence electrons. The van der Waals surface area contributed by atoms with Gasteiger partial charge in [-0.15, -0.1) is 0 Å². The van der Waals surface area contributed by atoms with Gasteiger partial charge in [0.1, 0.15) is 17.3 Å². The zero-order valence-electron chi connectivity index (χ0n) is 13.5. The van der Waals surface area contributed by atoms with Gasteiger partial charge in [-0.3, -0.25) is 9.78 Å². The molecule has 2 heterocycles. The summed E-state index contributed by atoms with van der Waals surface area (Å²) in [7, 11) is 0. The average Bonchev–Trinajstić information content (AvgIpc) is 2.62. The molecule has 2 N–H and O–H groups in total. The molecule has 7 heteroatoms. The van der Waals surface area contributed by atoms with E-state index in [1.165, 1.54) is 0 Å². The van der Waals surface area contributed by atoms with Crippen molar-refractivity contribution in [3.05, 3.63) is 76.4 Å². The SMILES string of the molecule is Cc1nc(Nc2ccccc2Br)cc(C(=O)NCc2ccncc2)n1. The fourth-order valence-electron chi connectivity index (χ4n) is 2.22. The quantitative estimate of drug-likeness (QED) is 0.687. The number of pyridine rings is 1. The Hall–Kier alpha value is -2.80. The molecule has 0 aliphatic heterocycles. The number of nitrogens with zero attached hydrogens (tertiary/aromatic N) is 3. The number of aryl methyl sites for hydroxylation is 1. The van der Waals surface area contributed by atoms with E-state index in [1.54, 1.807) is 25.4 Å². The van der Waals surface area contributed by atoms with Crippen molar-refractivity contribution in [2.24, 2.45) is 0 Å². The number of carbonyl (C=O) groups excluding carboxylic acids is 1. The van der Waals surface area contributed by atoms with E-state index in [4.69, 9.17) is 0 Å². The van der Waals surface area contributed by atoms with Crippen LogP contribution in [0.25, 0.3) is 0 Å². The minimum Gasteiger partial charge on any atom is -0.347 e. The molecule has 0 saturated heterocycles. The number of hydrogen-bond donors (Lipinski definition) is 2. The lowest BCUT2D eigenvalue weighted by atomic mass is 10.2. The fraction of sp³-hybridized carbons (Fsp3) is 0.111. The molecule has 0 aliphatic carbocycles. The van der Waals surface area contributed by atoms with Crippen LogP contribution < -0.4 is 10.6 Å². The van der Waals surface area contributed by atoms with Crippen molar-refractivity contribution >= 4 is 33.3 Å². The van der Waals surface area contributed by atoms with Crippen molar-refractivity contribution in [2.45, 2.75) is 13.5 Å². The summed E-state index contributed by atoms with van der Waals surface area (Å²) in [6, 6.07) is 13.0. The van der Waals surface area contributed by atoms with Gasteiger partial charge >= 0.3 is 0 Å². The number of carbonyl (C=O) groups is 1. The molecule has 0 radical (unpaired) electrons. The minimum atomic E-state index is -0.252. The molecule has 3 rings (SSSR count). The van der Waals surface area contributed by atoms with E-state index in [-0.39, 0.29) is 5.91 Å². The van der Waals surface area contributed by atoms with E-state index in [0.29, 0.717) is 23.9 Å². The van der Waals surface area contributed by atoms with Crippen LogP contribution in [0.2, 0.25) is 0 Å². The van der Waals surface area contributed by atoms with Crippen molar-refractivity contribution in [1.29, 1.82) is 0 Å². The van der Waals surface area contributed by atoms with Gasteiger partial charge < -0.3 is 10.6 Å². The predicted molar refractivity (Wildman–Crippen MR) is 99.6 cm³/mol. The summed E-state index contributed by atoms with van der Waals surface area (Å²) in [5.41, 5.74) is 2.15. The number of rotatable bonds is 5. The first-order valence-corrected chi connectivity index (χ1v) is 8.45. The van der Waals surface area contributed by atoms with Gasteiger partial charge in [0, 0.05) is 29.5 Å². The number of para-hydroxylation sites is 1. The molecule has 0 bridgehead atoms. The van der Waals surface area contributed by atoms with Gasteiger partial charge in [0.25, 0.3) is 5.91 Å². The van der Waals surface area contributed by atoms with Crippen molar-refractivity contribution in [2.75, 3.05) is 5.32 Å². The van der Waals surface area contributed by atoms with Crippen molar-refractivity contribution in [3.63, 3.8) is 0 Å². The highest BCUT2D eigenvalue weighted by Gasteiger charge is 2.11. The van der Waals surface area contributed by atoms with Gasteiger partial charge in [-0.05, 0) is 52.7 Å². The molecule has 0 spiro atoms. The van der Waals surface area contributed by atoms with Crippen molar-refractivity contribution in [3.8, 4) is 0 Å². The molecule has 1 amide bonds. The van der Waals surface area contributed by atoms with Crippen LogP contribution in [0.15, 0.2) is 59.3 Å². The Bertz CT molecular complexity index is 886. The maximum Gasteiger partial charge on any atom is 0.270 e. The second-order valence-corrected chi connectivity index (χ2v) is 6.18. The second-order valence-electron chi connectivity index (χ2n) is 5.33. The Balaban J connectivity index is 1.74. The zero-order chi connectivity index (χ0) is 17.6. The highest BCUT2D eigenvalue weighted by molar-refractivity contribution is 9.10. The van der Waals surface area contributed by atoms with Crippen LogP contribution in [0.4, 0.5) is 11.5 Å². The molecule has 0 atom stereocenters. The van der Waals surface area contributed by atoms with Crippen LogP contribution in [0, 0.1) is 6.92 Å². The summed E-state index contributed by atoms with van der Waals surface area (Å²) < 4.78 is 0.912. The number of anilines is 2. The lowest BCUT2D eigenvalue weighted by molar-refractivity contribution is 0.0945. The van der Waals surface area contributed by atoms with E-state index < -0.39 is 0 Å². The van der Waals surface area contributed by atoms with Crippen molar-refractivity contribution < 1.29 is 4.79 Å². The summed E-state index contributed by atoms with van der Waals surface area (Å²) in [5.74, 6) is 0.831. The van der Waals surface area contributed by atoms with E-state index in [2.05, 4.69) is 41.5 Å². The Morgan fingerprint density at radius 1 is 1.12 bits per heavy atom. The molecule has 0 fully saturated rings. The highest BCUT2D eigenvalue weighted by Crippen LogP contribution is 2.24. The van der Waals surface area contributed by atoms with Gasteiger partial charge in [0.15, 0.2) is 0 Å². The summed E-state index contributed by atoms with van der Waals surface area (Å²) in [6.45, 7) is 2.17. The summed E-state index contributed by atoms with van der Waals surface area (Å²) >= 11 is 3.48. The molecule has 0 saturated carbocycles. The first-order valence-electron chi connectivity index (χ1n) is 7.66. The third-order valence-corrected chi connectivity index (χ3v) is 4.10. The topological polar surface area (TPSA) is 79.8 Å². The van der Waals surface area contributed by atoms with E-state index in [0.717, 1.165) is 15.7 Å². The largest absolute Gasteiger partial charge is 0.347 e. The maximum absolute atomic E-state index is 12.4. The minimum absolute atomic E-state index is 0.252. The normalized spacial score (nSPS) is 10.3. The number of benzene rings is 1. The lowest BCUT2D eigenvalue weighted by Gasteiger charge is -2.10. The molecule has 6 nitrogen and oxygen atoms in total. The number of nitrogens with one attached hydrogen (secondary N) is 2. The van der Waals surface area contributed by atoms with Crippen LogP contribution >= 0.6 is 15.9 Å². The Labute approximate surface area is 153 Å². The third-order valence-electron chi connectivity index (χ3n) is 3.41. The summed E-state index contributed by atoms with van der Waals surface area (Å²) in [6.07, 6.45) is 3.38. The van der Waals surface area contributed by atoms with Gasteiger partial charge in [0.2, 0.25) is 0 Å². The summed E-state index contributed by atoms with van der Waals surface area (Å²) in [4.78, 5) is 24.9. The predicted octanol–water partition coefficient (Wildman–Crippen LogP) is 3.62. The first-order chi connectivity index (χ1) is 12.1. The molecule has 2 aromatic heterocycles. The van der Waals surface area contributed by atoms with Crippen LogP contribution in [0.5, 0.6) is 0 Å². The maximum atomic E-state index is 12.4. The fourth-order valence-corrected chi connectivity index (χ4v) is 2.61. The molecule has 1 aromatic carbocycles. The Kier molecular flexibility index (Phi) is 5.35. The number of aromatic nitrogens is 3. The summed E-state index contributed by atoms with van der Waals surface area (Å²) in [5, 5.41) is 6.05. The first kappa shape index (κ1) is 17.0. The van der Waals surface area contributed by atoms with Gasteiger partial charge in [0.05, 0.1) is 5.69 Å². The standard InChI is InChI=1S/C18H16BrN5O/c1-12-22-16(18(25)21-11-13-6-8-20-9-7-13)10-17(23-12)24-15-5-3-2-4-14(15)19/h2-10H,11H2,1H3,(H,21,25)(H,22,23,24). The van der Waals surface area contributed by atoms with Crippen molar-refractivity contribution in [1.82, 2.24) is 20.3 Å². The monoisotopic (exact) mass is 397 g/mol. The molecule has 3 aromatic rings. The Morgan fingerprint density at radius 2 is 1.88 bits per heavy atom. The smallest absolute Gasteiger partial charge is 0.270 e. The molecular weight excluding hydrogens is 382 g/mol. The van der Waals surface area contributed by atoms with Crippen LogP contribution in [-0.4, -0.2) is 20.9 Å². The lowest BCUT2D eigenvalue weighted by Crippen LogP contribution is -2.24. The van der Waals surface area contributed by atoms with Crippen LogP contribution in [-0.2, 0) is 6.54 Å². The number of hydrogen-bond acceptors (Lipinski definition) is 5. The average molecular weight is 398 g/mol. The number of halogens is 1. The van der Waals surface area contributed by atoms with Gasteiger partial charge in [-0.25, -0.2) is 9.97 Å².